The van der Waals surface area contributed by atoms with Crippen molar-refractivity contribution in [2.75, 3.05) is 7.11 Å². The van der Waals surface area contributed by atoms with Crippen LogP contribution in [0.5, 0.6) is 0 Å². The zero-order valence-corrected chi connectivity index (χ0v) is 7.60. The summed E-state index contributed by atoms with van der Waals surface area (Å²) in [5.41, 5.74) is 0. The highest BCUT2D eigenvalue weighted by Gasteiger charge is 2.24. The van der Waals surface area contributed by atoms with E-state index >= 15 is 0 Å². The number of carbonyl (C=O) groups excluding carboxylic acids is 2. The lowest BCUT2D eigenvalue weighted by Crippen LogP contribution is -2.19. The third kappa shape index (κ3) is 2.01. The molecule has 0 aromatic carbocycles. The van der Waals surface area contributed by atoms with Crippen LogP contribution in [0, 0.1) is 0 Å². The van der Waals surface area contributed by atoms with Crippen molar-refractivity contribution in [2.45, 2.75) is 12.2 Å². The van der Waals surface area contributed by atoms with Crippen LogP contribution < -0.4 is 5.32 Å². The summed E-state index contributed by atoms with van der Waals surface area (Å²) in [6, 6.07) is 0. The van der Waals surface area contributed by atoms with Crippen molar-refractivity contribution in [1.82, 2.24) is 5.32 Å². The van der Waals surface area contributed by atoms with Gasteiger partial charge in [0.2, 0.25) is 5.91 Å². The lowest BCUT2D eigenvalue weighted by Gasteiger charge is -1.93. The molecule has 1 atom stereocenters. The van der Waals surface area contributed by atoms with Crippen molar-refractivity contribution in [3.8, 4) is 0 Å². The largest absolute Gasteiger partial charge is 0.466 e. The molecular formula is C7H9NO3S. The van der Waals surface area contributed by atoms with Gasteiger partial charge in [-0.1, -0.05) is 11.8 Å². The first-order valence-electron chi connectivity index (χ1n) is 3.40. The molecule has 0 spiro atoms. The van der Waals surface area contributed by atoms with Crippen LogP contribution in [0.15, 0.2) is 11.1 Å². The van der Waals surface area contributed by atoms with Gasteiger partial charge in [-0.15, -0.1) is 0 Å². The van der Waals surface area contributed by atoms with E-state index in [1.54, 1.807) is 6.92 Å². The molecule has 12 heavy (non-hydrogen) atoms. The fourth-order valence-corrected chi connectivity index (χ4v) is 1.60. The molecular weight excluding hydrogens is 178 g/mol. The van der Waals surface area contributed by atoms with E-state index in [2.05, 4.69) is 10.1 Å². The van der Waals surface area contributed by atoms with E-state index in [0.717, 1.165) is 0 Å². The van der Waals surface area contributed by atoms with E-state index in [0.29, 0.717) is 5.03 Å². The Bertz CT molecular complexity index is 249. The number of amides is 1. The van der Waals surface area contributed by atoms with Crippen LogP contribution in [-0.2, 0) is 14.3 Å². The standard InChI is InChI=1S/C7H9NO3S/c1-4-7(10)8-5(12-4)3-6(9)11-2/h3-4H,1-2H3,(H,8,10)/b5-3+/t4-/m0/s1. The summed E-state index contributed by atoms with van der Waals surface area (Å²) in [7, 11) is 1.30. The molecule has 1 N–H and O–H groups in total. The average Bonchev–Trinajstić information content (AvgIpc) is 2.31. The maximum atomic E-state index is 10.9. The SMILES string of the molecule is COC(=O)/C=C1\NC(=O)[C@H](C)S1. The Labute approximate surface area is 74.3 Å². The predicted molar refractivity (Wildman–Crippen MR) is 45.3 cm³/mol. The number of methoxy groups -OCH3 is 1. The lowest BCUT2D eigenvalue weighted by molar-refractivity contribution is -0.134. The van der Waals surface area contributed by atoms with Crippen LogP contribution in [-0.4, -0.2) is 24.2 Å². The summed E-state index contributed by atoms with van der Waals surface area (Å²) < 4.78 is 4.40. The second-order valence-electron chi connectivity index (χ2n) is 2.28. The summed E-state index contributed by atoms with van der Waals surface area (Å²) in [5, 5.41) is 2.98. The molecule has 0 aliphatic carbocycles. The van der Waals surface area contributed by atoms with E-state index in [1.807, 2.05) is 0 Å². The van der Waals surface area contributed by atoms with Crippen molar-refractivity contribution in [3.63, 3.8) is 0 Å². The predicted octanol–water partition coefficient (Wildman–Crippen LogP) is 0.252. The monoisotopic (exact) mass is 187 g/mol. The number of rotatable bonds is 1. The number of hydrogen-bond donors (Lipinski definition) is 1. The van der Waals surface area contributed by atoms with Gasteiger partial charge in [0, 0.05) is 0 Å². The van der Waals surface area contributed by atoms with Gasteiger partial charge in [0.15, 0.2) is 0 Å². The second kappa shape index (κ2) is 3.62. The van der Waals surface area contributed by atoms with Crippen molar-refractivity contribution in [2.24, 2.45) is 0 Å². The molecule has 0 aromatic heterocycles. The van der Waals surface area contributed by atoms with Crippen LogP contribution >= 0.6 is 11.8 Å². The normalized spacial score (nSPS) is 25.7. The first-order chi connectivity index (χ1) is 5.63. The van der Waals surface area contributed by atoms with Gasteiger partial charge >= 0.3 is 5.97 Å². The number of carbonyl (C=O) groups is 2. The Morgan fingerprint density at radius 3 is 2.83 bits per heavy atom. The lowest BCUT2D eigenvalue weighted by atomic mass is 10.4. The molecule has 0 radical (unpaired) electrons. The third-order valence-corrected chi connectivity index (χ3v) is 2.41. The quantitative estimate of drug-likeness (QED) is 0.472. The van der Waals surface area contributed by atoms with Crippen molar-refractivity contribution >= 4 is 23.6 Å². The average molecular weight is 187 g/mol. The first kappa shape index (κ1) is 9.12. The zero-order chi connectivity index (χ0) is 9.14. The summed E-state index contributed by atoms with van der Waals surface area (Å²) in [5.74, 6) is -0.526. The van der Waals surface area contributed by atoms with Crippen molar-refractivity contribution in [1.29, 1.82) is 0 Å². The highest BCUT2D eigenvalue weighted by atomic mass is 32.2. The topological polar surface area (TPSA) is 55.4 Å². The Hall–Kier alpha value is -0.970. The third-order valence-electron chi connectivity index (χ3n) is 1.37. The highest BCUT2D eigenvalue weighted by Crippen LogP contribution is 2.25. The summed E-state index contributed by atoms with van der Waals surface area (Å²) in [4.78, 5) is 21.6. The second-order valence-corrected chi connectivity index (χ2v) is 3.66. The maximum absolute atomic E-state index is 10.9. The molecule has 0 bridgehead atoms. The molecule has 1 fully saturated rings. The van der Waals surface area contributed by atoms with Gasteiger partial charge in [-0.3, -0.25) is 4.79 Å². The van der Waals surface area contributed by atoms with E-state index in [1.165, 1.54) is 24.9 Å². The summed E-state index contributed by atoms with van der Waals surface area (Å²) >= 11 is 1.32. The Morgan fingerprint density at radius 2 is 2.42 bits per heavy atom. The van der Waals surface area contributed by atoms with Gasteiger partial charge in [0.05, 0.1) is 23.5 Å². The van der Waals surface area contributed by atoms with Crippen LogP contribution in [0.1, 0.15) is 6.92 Å². The number of hydrogen-bond acceptors (Lipinski definition) is 4. The Balaban J connectivity index is 2.62. The van der Waals surface area contributed by atoms with E-state index < -0.39 is 5.97 Å². The van der Waals surface area contributed by atoms with Gasteiger partial charge in [0.1, 0.15) is 0 Å². The first-order valence-corrected chi connectivity index (χ1v) is 4.28. The number of nitrogens with one attached hydrogen (secondary N) is 1. The van der Waals surface area contributed by atoms with Crippen LogP contribution in [0.3, 0.4) is 0 Å². The van der Waals surface area contributed by atoms with E-state index in [4.69, 9.17) is 0 Å². The van der Waals surface area contributed by atoms with Gasteiger partial charge in [0.25, 0.3) is 0 Å². The van der Waals surface area contributed by atoms with E-state index in [-0.39, 0.29) is 11.2 Å². The molecule has 1 aliphatic rings. The highest BCUT2D eigenvalue weighted by molar-refractivity contribution is 8.04. The summed E-state index contributed by atoms with van der Waals surface area (Å²) in [6.45, 7) is 1.78. The fourth-order valence-electron chi connectivity index (χ4n) is 0.733. The molecule has 5 heteroatoms. The van der Waals surface area contributed by atoms with Crippen molar-refractivity contribution < 1.29 is 14.3 Å². The smallest absolute Gasteiger partial charge is 0.333 e. The number of esters is 1. The number of thioether (sulfide) groups is 1. The Morgan fingerprint density at radius 1 is 1.75 bits per heavy atom. The maximum Gasteiger partial charge on any atom is 0.333 e. The minimum Gasteiger partial charge on any atom is -0.466 e. The molecule has 1 aliphatic heterocycles. The molecule has 0 saturated carbocycles. The zero-order valence-electron chi connectivity index (χ0n) is 6.79. The van der Waals surface area contributed by atoms with Gasteiger partial charge in [-0.2, -0.15) is 0 Å². The molecule has 0 aromatic rings. The molecule has 66 valence electrons. The van der Waals surface area contributed by atoms with Gasteiger partial charge in [-0.05, 0) is 6.92 Å². The van der Waals surface area contributed by atoms with Crippen molar-refractivity contribution in [3.05, 3.63) is 11.1 Å². The Kier molecular flexibility index (Phi) is 2.75. The minimum atomic E-state index is -0.452. The molecule has 1 heterocycles. The van der Waals surface area contributed by atoms with Gasteiger partial charge in [-0.25, -0.2) is 4.79 Å². The molecule has 0 unspecified atom stereocenters. The fraction of sp³-hybridized carbons (Fsp3) is 0.429. The molecule has 1 amide bonds. The van der Waals surface area contributed by atoms with E-state index in [9.17, 15) is 9.59 Å². The summed E-state index contributed by atoms with van der Waals surface area (Å²) in [6.07, 6.45) is 1.27. The molecule has 1 rings (SSSR count). The minimum absolute atomic E-state index is 0.0739. The van der Waals surface area contributed by atoms with Crippen LogP contribution in [0.4, 0.5) is 0 Å². The van der Waals surface area contributed by atoms with Crippen LogP contribution in [0.2, 0.25) is 0 Å². The van der Waals surface area contributed by atoms with Crippen LogP contribution in [0.25, 0.3) is 0 Å². The number of ether oxygens (including phenoxy) is 1. The van der Waals surface area contributed by atoms with Gasteiger partial charge < -0.3 is 10.1 Å². The molecule has 4 nitrogen and oxygen atoms in total. The molecule has 1 saturated heterocycles.